The van der Waals surface area contributed by atoms with Crippen LogP contribution in [0.15, 0.2) is 54.6 Å². The highest BCUT2D eigenvalue weighted by Crippen LogP contribution is 2.26. The van der Waals surface area contributed by atoms with Crippen LogP contribution >= 0.6 is 11.3 Å². The molecule has 0 saturated carbocycles. The number of nitriles is 1. The van der Waals surface area contributed by atoms with E-state index < -0.39 is 5.92 Å². The molecule has 0 aliphatic heterocycles. The van der Waals surface area contributed by atoms with Crippen molar-refractivity contribution in [1.82, 2.24) is 4.98 Å². The quantitative estimate of drug-likeness (QED) is 0.803. The van der Waals surface area contributed by atoms with Crippen molar-refractivity contribution in [2.24, 2.45) is 0 Å². The van der Waals surface area contributed by atoms with Gasteiger partial charge in [-0.15, -0.1) is 0 Å². The molecule has 1 unspecified atom stereocenters. The first-order chi connectivity index (χ1) is 10.3. The highest BCUT2D eigenvalue weighted by Gasteiger charge is 2.21. The van der Waals surface area contributed by atoms with Crippen molar-refractivity contribution in [3.05, 3.63) is 60.2 Å². The van der Waals surface area contributed by atoms with E-state index in [0.29, 0.717) is 10.7 Å². The lowest BCUT2D eigenvalue weighted by molar-refractivity contribution is -0.116. The number of nitrogens with zero attached hydrogens (tertiary/aromatic N) is 2. The summed E-state index contributed by atoms with van der Waals surface area (Å²) in [6.07, 6.45) is 0. The van der Waals surface area contributed by atoms with Crippen molar-refractivity contribution >= 4 is 32.6 Å². The molecule has 3 rings (SSSR count). The Morgan fingerprint density at radius 3 is 2.57 bits per heavy atom. The summed E-state index contributed by atoms with van der Waals surface area (Å²) in [6, 6.07) is 18.7. The topological polar surface area (TPSA) is 65.8 Å². The average Bonchev–Trinajstić information content (AvgIpc) is 2.91. The van der Waals surface area contributed by atoms with Gasteiger partial charge in [-0.3, -0.25) is 4.79 Å². The summed E-state index contributed by atoms with van der Waals surface area (Å²) in [4.78, 5) is 16.6. The third-order valence-electron chi connectivity index (χ3n) is 3.05. The molecule has 0 fully saturated rings. The molecule has 0 aliphatic carbocycles. The Balaban J connectivity index is 1.83. The lowest BCUT2D eigenvalue weighted by Gasteiger charge is -2.08. The molecule has 1 aromatic heterocycles. The number of benzene rings is 2. The number of carbonyl (C=O) groups is 1. The summed E-state index contributed by atoms with van der Waals surface area (Å²) < 4.78 is 1.00. The van der Waals surface area contributed by atoms with Crippen molar-refractivity contribution in [3.8, 4) is 6.07 Å². The molecule has 1 amide bonds. The largest absolute Gasteiger partial charge is 0.300 e. The van der Waals surface area contributed by atoms with Gasteiger partial charge in [0, 0.05) is 0 Å². The van der Waals surface area contributed by atoms with E-state index in [1.54, 1.807) is 12.1 Å². The van der Waals surface area contributed by atoms with Gasteiger partial charge in [-0.2, -0.15) is 5.26 Å². The number of anilines is 1. The number of aromatic nitrogens is 1. The number of nitrogens with one attached hydrogen (secondary N) is 1. The summed E-state index contributed by atoms with van der Waals surface area (Å²) in [6.45, 7) is 0. The Bertz CT molecular complexity index is 787. The standard InChI is InChI=1S/C16H11N3OS/c17-10-12(11-6-2-1-3-7-11)15(20)19-16-18-13-8-4-5-9-14(13)21-16/h1-9,12H,(H,18,19,20). The van der Waals surface area contributed by atoms with Gasteiger partial charge in [0.1, 0.15) is 0 Å². The van der Waals surface area contributed by atoms with E-state index in [-0.39, 0.29) is 5.91 Å². The summed E-state index contributed by atoms with van der Waals surface area (Å²) in [5, 5.41) is 12.5. The van der Waals surface area contributed by atoms with Crippen molar-refractivity contribution in [2.45, 2.75) is 5.92 Å². The number of amides is 1. The maximum absolute atomic E-state index is 12.3. The molecule has 0 radical (unpaired) electrons. The highest BCUT2D eigenvalue weighted by atomic mass is 32.1. The second-order valence-corrected chi connectivity index (χ2v) is 5.48. The smallest absolute Gasteiger partial charge is 0.248 e. The molecule has 1 N–H and O–H groups in total. The van der Waals surface area contributed by atoms with Gasteiger partial charge in [0.15, 0.2) is 11.0 Å². The molecular formula is C16H11N3OS. The fraction of sp³-hybridized carbons (Fsp3) is 0.0625. The molecule has 0 spiro atoms. The monoisotopic (exact) mass is 293 g/mol. The molecule has 0 saturated heterocycles. The minimum Gasteiger partial charge on any atom is -0.300 e. The summed E-state index contributed by atoms with van der Waals surface area (Å²) in [5.41, 5.74) is 1.52. The lowest BCUT2D eigenvalue weighted by atomic mass is 10.0. The van der Waals surface area contributed by atoms with Gasteiger partial charge in [0.05, 0.1) is 16.3 Å². The Hall–Kier alpha value is -2.71. The maximum atomic E-state index is 12.3. The molecule has 5 heteroatoms. The predicted octanol–water partition coefficient (Wildman–Crippen LogP) is 3.54. The molecule has 1 atom stereocenters. The van der Waals surface area contributed by atoms with Crippen LogP contribution in [0, 0.1) is 11.3 Å². The first kappa shape index (κ1) is 13.3. The third-order valence-corrected chi connectivity index (χ3v) is 4.00. The first-order valence-electron chi connectivity index (χ1n) is 6.39. The van der Waals surface area contributed by atoms with Crippen LogP contribution in [0.4, 0.5) is 5.13 Å². The number of rotatable bonds is 3. The minimum atomic E-state index is -0.835. The number of para-hydroxylation sites is 1. The fourth-order valence-electron chi connectivity index (χ4n) is 2.03. The zero-order valence-electron chi connectivity index (χ0n) is 11.0. The lowest BCUT2D eigenvalue weighted by Crippen LogP contribution is -2.19. The molecule has 3 aromatic rings. The number of fused-ring (bicyclic) bond motifs is 1. The highest BCUT2D eigenvalue weighted by molar-refractivity contribution is 7.22. The number of hydrogen-bond acceptors (Lipinski definition) is 4. The van der Waals surface area contributed by atoms with Gasteiger partial charge in [-0.05, 0) is 17.7 Å². The van der Waals surface area contributed by atoms with E-state index in [9.17, 15) is 10.1 Å². The van der Waals surface area contributed by atoms with E-state index in [1.807, 2.05) is 48.5 Å². The molecular weight excluding hydrogens is 282 g/mol. The zero-order valence-corrected chi connectivity index (χ0v) is 11.8. The van der Waals surface area contributed by atoms with Crippen molar-refractivity contribution < 1.29 is 4.79 Å². The summed E-state index contributed by atoms with van der Waals surface area (Å²) in [5.74, 6) is -1.19. The van der Waals surface area contributed by atoms with Crippen LogP contribution in [0.2, 0.25) is 0 Å². The zero-order chi connectivity index (χ0) is 14.7. The minimum absolute atomic E-state index is 0.359. The van der Waals surface area contributed by atoms with Crippen LogP contribution in [0.5, 0.6) is 0 Å². The van der Waals surface area contributed by atoms with Gasteiger partial charge in [0.25, 0.3) is 0 Å². The molecule has 4 nitrogen and oxygen atoms in total. The van der Waals surface area contributed by atoms with E-state index in [1.165, 1.54) is 11.3 Å². The van der Waals surface area contributed by atoms with E-state index in [0.717, 1.165) is 10.2 Å². The Morgan fingerprint density at radius 1 is 1.14 bits per heavy atom. The van der Waals surface area contributed by atoms with Crippen molar-refractivity contribution in [3.63, 3.8) is 0 Å². The Kier molecular flexibility index (Phi) is 3.63. The van der Waals surface area contributed by atoms with Crippen LogP contribution < -0.4 is 5.32 Å². The van der Waals surface area contributed by atoms with Gasteiger partial charge < -0.3 is 5.32 Å². The van der Waals surface area contributed by atoms with Crippen LogP contribution in [0.1, 0.15) is 11.5 Å². The van der Waals surface area contributed by atoms with Crippen molar-refractivity contribution in [2.75, 3.05) is 5.32 Å². The van der Waals surface area contributed by atoms with Crippen LogP contribution in [-0.2, 0) is 4.79 Å². The molecule has 2 aromatic carbocycles. The molecule has 0 aliphatic rings. The van der Waals surface area contributed by atoms with E-state index in [2.05, 4.69) is 10.3 Å². The Labute approximate surface area is 125 Å². The van der Waals surface area contributed by atoms with Gasteiger partial charge in [-0.25, -0.2) is 4.98 Å². The van der Waals surface area contributed by atoms with E-state index in [4.69, 9.17) is 0 Å². The number of carbonyl (C=O) groups excluding carboxylic acids is 1. The first-order valence-corrected chi connectivity index (χ1v) is 7.20. The fourth-order valence-corrected chi connectivity index (χ4v) is 2.90. The van der Waals surface area contributed by atoms with E-state index >= 15 is 0 Å². The summed E-state index contributed by atoms with van der Waals surface area (Å²) >= 11 is 1.40. The molecule has 102 valence electrons. The third kappa shape index (κ3) is 2.76. The van der Waals surface area contributed by atoms with Gasteiger partial charge in [0.2, 0.25) is 5.91 Å². The molecule has 0 bridgehead atoms. The predicted molar refractivity (Wildman–Crippen MR) is 83.0 cm³/mol. The second kappa shape index (κ2) is 5.73. The van der Waals surface area contributed by atoms with Gasteiger partial charge >= 0.3 is 0 Å². The van der Waals surface area contributed by atoms with Crippen molar-refractivity contribution in [1.29, 1.82) is 5.26 Å². The summed E-state index contributed by atoms with van der Waals surface area (Å²) in [7, 11) is 0. The van der Waals surface area contributed by atoms with Gasteiger partial charge in [-0.1, -0.05) is 53.8 Å². The second-order valence-electron chi connectivity index (χ2n) is 4.45. The van der Waals surface area contributed by atoms with Crippen LogP contribution in [-0.4, -0.2) is 10.9 Å². The average molecular weight is 293 g/mol. The molecule has 1 heterocycles. The van der Waals surface area contributed by atoms with Crippen LogP contribution in [0.3, 0.4) is 0 Å². The normalized spacial score (nSPS) is 11.8. The molecule has 21 heavy (non-hydrogen) atoms. The SMILES string of the molecule is N#CC(C(=O)Nc1nc2ccccc2s1)c1ccccc1. The number of thiazole rings is 1. The van der Waals surface area contributed by atoms with Crippen LogP contribution in [0.25, 0.3) is 10.2 Å². The maximum Gasteiger partial charge on any atom is 0.248 e. The Morgan fingerprint density at radius 2 is 1.86 bits per heavy atom. The number of hydrogen-bond donors (Lipinski definition) is 1.